The Kier molecular flexibility index (Phi) is 14.1. The summed E-state index contributed by atoms with van der Waals surface area (Å²) in [7, 11) is 0. The smallest absolute Gasteiger partial charge is 0.407 e. The zero-order valence-corrected chi connectivity index (χ0v) is 24.9. The molecule has 0 aliphatic carbocycles. The van der Waals surface area contributed by atoms with Gasteiger partial charge in [-0.3, -0.25) is 14.5 Å². The molecule has 0 aromatic heterocycles. The quantitative estimate of drug-likeness (QED) is 0.242. The van der Waals surface area contributed by atoms with Gasteiger partial charge in [0.2, 0.25) is 0 Å². The summed E-state index contributed by atoms with van der Waals surface area (Å²) in [5.74, 6) is -0.622. The van der Waals surface area contributed by atoms with E-state index >= 15 is 0 Å². The van der Waals surface area contributed by atoms with Gasteiger partial charge in [-0.25, -0.2) is 4.79 Å². The summed E-state index contributed by atoms with van der Waals surface area (Å²) in [6.07, 6.45) is 8.52. The fourth-order valence-corrected chi connectivity index (χ4v) is 5.46. The number of alkyl carbamates (subject to hydrolysis) is 1. The van der Waals surface area contributed by atoms with Crippen LogP contribution in [0.1, 0.15) is 91.0 Å². The molecule has 0 radical (unpaired) electrons. The average molecular weight is 567 g/mol. The Hall–Kier alpha value is -2.32. The molecule has 2 aliphatic heterocycles. The standard InChI is InChI=1S/C30H46N2O6.ClH/c1-5-22(6-2)28(33)37-26-15-12-21(19-27(26)38-29(34)23(7-3)8-4)16-17-31-30(35)36-25-14-13-24-11-9-10-18-32(24)20-25;/h12,15,19,22-25H,5-11,13-14,16-18,20H2,1-4H3,(H,31,35);1H. The van der Waals surface area contributed by atoms with Crippen LogP contribution in [0.15, 0.2) is 18.2 Å². The normalized spacial score (nSPS) is 19.1. The Labute approximate surface area is 239 Å². The number of halogens is 1. The molecule has 9 heteroatoms. The molecule has 2 saturated heterocycles. The SMILES string of the molecule is CCC(CC)C(=O)Oc1ccc(CCNC(=O)OC2CCC3CCCCN3C2)cc1OC(=O)C(CC)CC.Cl. The van der Waals surface area contributed by atoms with Gasteiger partial charge in [-0.2, -0.15) is 0 Å². The van der Waals surface area contributed by atoms with E-state index < -0.39 is 6.09 Å². The molecule has 3 rings (SSSR count). The summed E-state index contributed by atoms with van der Waals surface area (Å²) >= 11 is 0. The lowest BCUT2D eigenvalue weighted by atomic mass is 9.92. The Morgan fingerprint density at radius 1 is 0.897 bits per heavy atom. The van der Waals surface area contributed by atoms with Gasteiger partial charge in [-0.15, -0.1) is 12.4 Å². The molecule has 2 unspecified atom stereocenters. The van der Waals surface area contributed by atoms with Crippen LogP contribution in [0.2, 0.25) is 0 Å². The Bertz CT molecular complexity index is 934. The number of nitrogens with zero attached hydrogens (tertiary/aromatic N) is 1. The number of piperidine rings is 2. The van der Waals surface area contributed by atoms with Gasteiger partial charge >= 0.3 is 18.0 Å². The first-order chi connectivity index (χ1) is 18.4. The fraction of sp³-hybridized carbons (Fsp3) is 0.700. The maximum absolute atomic E-state index is 12.7. The molecule has 2 fully saturated rings. The number of carbonyl (C=O) groups excluding carboxylic acids is 3. The molecule has 39 heavy (non-hydrogen) atoms. The van der Waals surface area contributed by atoms with E-state index in [-0.39, 0.29) is 53.8 Å². The van der Waals surface area contributed by atoms with Crippen LogP contribution in [0.25, 0.3) is 0 Å². The maximum atomic E-state index is 12.7. The van der Waals surface area contributed by atoms with Crippen LogP contribution in [-0.2, 0) is 20.7 Å². The lowest BCUT2D eigenvalue weighted by Gasteiger charge is -2.42. The monoisotopic (exact) mass is 566 g/mol. The van der Waals surface area contributed by atoms with Gasteiger partial charge in [0.25, 0.3) is 0 Å². The molecule has 2 atom stereocenters. The van der Waals surface area contributed by atoms with Crippen LogP contribution in [0.3, 0.4) is 0 Å². The third-order valence-electron chi connectivity index (χ3n) is 8.03. The van der Waals surface area contributed by atoms with Gasteiger partial charge in [-0.05, 0) is 82.0 Å². The van der Waals surface area contributed by atoms with Crippen LogP contribution in [-0.4, -0.2) is 54.7 Å². The molecule has 2 heterocycles. The van der Waals surface area contributed by atoms with Crippen molar-refractivity contribution in [1.82, 2.24) is 10.2 Å². The number of carbonyl (C=O) groups is 3. The predicted octanol–water partition coefficient (Wildman–Crippen LogP) is 6.08. The van der Waals surface area contributed by atoms with Gasteiger partial charge < -0.3 is 19.5 Å². The summed E-state index contributed by atoms with van der Waals surface area (Å²) in [6, 6.07) is 5.87. The molecule has 1 amide bonds. The van der Waals surface area contributed by atoms with Crippen LogP contribution >= 0.6 is 12.4 Å². The molecule has 1 aromatic carbocycles. The van der Waals surface area contributed by atoms with E-state index in [1.165, 1.54) is 19.3 Å². The van der Waals surface area contributed by atoms with Crippen LogP contribution < -0.4 is 14.8 Å². The number of hydrogen-bond acceptors (Lipinski definition) is 7. The van der Waals surface area contributed by atoms with Gasteiger partial charge in [0.15, 0.2) is 11.5 Å². The first-order valence-electron chi connectivity index (χ1n) is 14.6. The van der Waals surface area contributed by atoms with E-state index in [2.05, 4.69) is 10.2 Å². The summed E-state index contributed by atoms with van der Waals surface area (Å²) in [5, 5.41) is 2.85. The molecule has 0 spiro atoms. The molecule has 8 nitrogen and oxygen atoms in total. The first-order valence-corrected chi connectivity index (χ1v) is 14.6. The van der Waals surface area contributed by atoms with Crippen molar-refractivity contribution >= 4 is 30.4 Å². The van der Waals surface area contributed by atoms with Crippen molar-refractivity contribution in [2.24, 2.45) is 11.8 Å². The minimum absolute atomic E-state index is 0. The summed E-state index contributed by atoms with van der Waals surface area (Å²) < 4.78 is 17.1. The maximum Gasteiger partial charge on any atom is 0.407 e. The molecular weight excluding hydrogens is 520 g/mol. The third kappa shape index (κ3) is 9.67. The van der Waals surface area contributed by atoms with E-state index in [9.17, 15) is 14.4 Å². The van der Waals surface area contributed by atoms with E-state index in [1.54, 1.807) is 12.1 Å². The Balaban J connectivity index is 0.00000533. The molecule has 2 aliphatic rings. The third-order valence-corrected chi connectivity index (χ3v) is 8.03. The van der Waals surface area contributed by atoms with Crippen molar-refractivity contribution in [2.75, 3.05) is 19.6 Å². The number of rotatable bonds is 12. The number of benzene rings is 1. The van der Waals surface area contributed by atoms with Gasteiger partial charge in [0, 0.05) is 19.1 Å². The molecule has 220 valence electrons. The number of ether oxygens (including phenoxy) is 3. The molecule has 0 saturated carbocycles. The van der Waals surface area contributed by atoms with Gasteiger partial charge in [-0.1, -0.05) is 40.2 Å². The van der Waals surface area contributed by atoms with Crippen molar-refractivity contribution in [3.05, 3.63) is 23.8 Å². The zero-order chi connectivity index (χ0) is 27.5. The van der Waals surface area contributed by atoms with Crippen molar-refractivity contribution in [2.45, 2.75) is 104 Å². The minimum Gasteiger partial charge on any atom is -0.445 e. The largest absolute Gasteiger partial charge is 0.445 e. The lowest BCUT2D eigenvalue weighted by Crippen LogP contribution is -2.49. The van der Waals surface area contributed by atoms with Crippen molar-refractivity contribution < 1.29 is 28.6 Å². The minimum atomic E-state index is -0.401. The van der Waals surface area contributed by atoms with E-state index in [0.717, 1.165) is 31.5 Å². The highest BCUT2D eigenvalue weighted by Crippen LogP contribution is 2.31. The second-order valence-corrected chi connectivity index (χ2v) is 10.6. The number of hydrogen-bond donors (Lipinski definition) is 1. The van der Waals surface area contributed by atoms with E-state index in [0.29, 0.717) is 44.7 Å². The van der Waals surface area contributed by atoms with Crippen LogP contribution in [0, 0.1) is 11.8 Å². The summed E-state index contributed by atoms with van der Waals surface area (Å²) in [5.41, 5.74) is 0.855. The van der Waals surface area contributed by atoms with E-state index in [4.69, 9.17) is 14.2 Å². The second kappa shape index (κ2) is 16.7. The number of fused-ring (bicyclic) bond motifs is 1. The van der Waals surface area contributed by atoms with E-state index in [1.807, 2.05) is 33.8 Å². The highest BCUT2D eigenvalue weighted by atomic mass is 35.5. The predicted molar refractivity (Wildman–Crippen MR) is 154 cm³/mol. The summed E-state index contributed by atoms with van der Waals surface area (Å²) in [4.78, 5) is 40.2. The Morgan fingerprint density at radius 2 is 1.54 bits per heavy atom. The molecule has 0 bridgehead atoms. The zero-order valence-electron chi connectivity index (χ0n) is 24.0. The average Bonchev–Trinajstić information content (AvgIpc) is 2.91. The van der Waals surface area contributed by atoms with Crippen molar-refractivity contribution in [3.8, 4) is 11.5 Å². The topological polar surface area (TPSA) is 94.2 Å². The molecule has 1 aromatic rings. The van der Waals surface area contributed by atoms with Crippen LogP contribution in [0.4, 0.5) is 4.79 Å². The number of esters is 2. The Morgan fingerprint density at radius 3 is 2.18 bits per heavy atom. The highest BCUT2D eigenvalue weighted by Gasteiger charge is 2.31. The van der Waals surface area contributed by atoms with Gasteiger partial charge in [0.05, 0.1) is 11.8 Å². The van der Waals surface area contributed by atoms with Crippen molar-refractivity contribution in [1.29, 1.82) is 0 Å². The van der Waals surface area contributed by atoms with Crippen molar-refractivity contribution in [3.63, 3.8) is 0 Å². The lowest BCUT2D eigenvalue weighted by molar-refractivity contribution is -0.142. The van der Waals surface area contributed by atoms with Gasteiger partial charge in [0.1, 0.15) is 6.10 Å². The number of nitrogens with one attached hydrogen (secondary N) is 1. The van der Waals surface area contributed by atoms with Crippen LogP contribution in [0.5, 0.6) is 11.5 Å². The summed E-state index contributed by atoms with van der Waals surface area (Å²) in [6.45, 7) is 10.1. The number of amides is 1. The fourth-order valence-electron chi connectivity index (χ4n) is 5.46. The highest BCUT2D eigenvalue weighted by molar-refractivity contribution is 5.85. The molecular formula is C30H47ClN2O6. The first kappa shape index (κ1) is 32.9. The molecule has 1 N–H and O–H groups in total. The second-order valence-electron chi connectivity index (χ2n) is 10.6.